The maximum Gasteiger partial charge on any atom is 0.226 e. The van der Waals surface area contributed by atoms with Gasteiger partial charge in [-0.3, -0.25) is 9.97 Å². The Hall–Kier alpha value is -2.24. The Labute approximate surface area is 112 Å². The van der Waals surface area contributed by atoms with Crippen molar-refractivity contribution < 1.29 is 4.74 Å². The molecule has 100 valence electrons. The Kier molecular flexibility index (Phi) is 4.60. The SMILES string of the molecule is CCOc1ccnc(NC(C)Cc2cnccn2)n1. The van der Waals surface area contributed by atoms with E-state index >= 15 is 0 Å². The molecule has 0 spiro atoms. The minimum atomic E-state index is 0.161. The van der Waals surface area contributed by atoms with Crippen LogP contribution >= 0.6 is 0 Å². The van der Waals surface area contributed by atoms with Crippen molar-refractivity contribution in [2.24, 2.45) is 0 Å². The van der Waals surface area contributed by atoms with E-state index in [-0.39, 0.29) is 6.04 Å². The van der Waals surface area contributed by atoms with Gasteiger partial charge in [-0.1, -0.05) is 0 Å². The zero-order chi connectivity index (χ0) is 13.5. The number of nitrogens with one attached hydrogen (secondary N) is 1. The summed E-state index contributed by atoms with van der Waals surface area (Å²) in [6, 6.07) is 1.90. The Morgan fingerprint density at radius 3 is 2.89 bits per heavy atom. The van der Waals surface area contributed by atoms with Crippen LogP contribution in [0.15, 0.2) is 30.9 Å². The molecule has 2 aromatic rings. The highest BCUT2D eigenvalue weighted by atomic mass is 16.5. The third kappa shape index (κ3) is 4.17. The summed E-state index contributed by atoms with van der Waals surface area (Å²) in [4.78, 5) is 16.7. The second-order valence-electron chi connectivity index (χ2n) is 4.10. The number of hydrogen-bond acceptors (Lipinski definition) is 6. The highest BCUT2D eigenvalue weighted by molar-refractivity contribution is 5.29. The number of hydrogen-bond donors (Lipinski definition) is 1. The summed E-state index contributed by atoms with van der Waals surface area (Å²) in [5.74, 6) is 1.13. The summed E-state index contributed by atoms with van der Waals surface area (Å²) in [5.41, 5.74) is 0.934. The molecule has 2 aromatic heterocycles. The van der Waals surface area contributed by atoms with Crippen molar-refractivity contribution in [3.63, 3.8) is 0 Å². The molecule has 0 radical (unpaired) electrons. The Balaban J connectivity index is 1.95. The van der Waals surface area contributed by atoms with Crippen LogP contribution in [0.25, 0.3) is 0 Å². The van der Waals surface area contributed by atoms with E-state index in [0.717, 1.165) is 12.1 Å². The van der Waals surface area contributed by atoms with Crippen LogP contribution in [0, 0.1) is 0 Å². The van der Waals surface area contributed by atoms with Gasteiger partial charge in [-0.15, -0.1) is 0 Å². The number of aromatic nitrogens is 4. The molecule has 0 amide bonds. The first-order valence-corrected chi connectivity index (χ1v) is 6.25. The van der Waals surface area contributed by atoms with Crippen molar-refractivity contribution in [3.05, 3.63) is 36.5 Å². The lowest BCUT2D eigenvalue weighted by atomic mass is 10.2. The molecule has 0 bridgehead atoms. The number of nitrogens with zero attached hydrogens (tertiary/aromatic N) is 4. The van der Waals surface area contributed by atoms with Crippen molar-refractivity contribution >= 4 is 5.95 Å². The van der Waals surface area contributed by atoms with Crippen molar-refractivity contribution in [1.82, 2.24) is 19.9 Å². The summed E-state index contributed by atoms with van der Waals surface area (Å²) < 4.78 is 5.33. The van der Waals surface area contributed by atoms with Crippen molar-refractivity contribution in [2.75, 3.05) is 11.9 Å². The number of anilines is 1. The number of ether oxygens (including phenoxy) is 1. The normalized spacial score (nSPS) is 11.9. The lowest BCUT2D eigenvalue weighted by Crippen LogP contribution is -2.20. The predicted octanol–water partition coefficient (Wildman–Crippen LogP) is 1.71. The summed E-state index contributed by atoms with van der Waals surface area (Å²) in [7, 11) is 0. The van der Waals surface area contributed by atoms with E-state index in [2.05, 4.69) is 25.3 Å². The molecule has 6 nitrogen and oxygen atoms in total. The second kappa shape index (κ2) is 6.63. The Bertz CT molecular complexity index is 505. The molecule has 2 heterocycles. The molecule has 2 rings (SSSR count). The standard InChI is InChI=1S/C13H17N5O/c1-3-19-12-4-5-16-13(18-12)17-10(2)8-11-9-14-6-7-15-11/h4-7,9-10H,3,8H2,1-2H3,(H,16,17,18). The summed E-state index contributed by atoms with van der Waals surface area (Å²) in [5, 5.41) is 3.22. The van der Waals surface area contributed by atoms with Crippen LogP contribution in [0.5, 0.6) is 5.88 Å². The maximum atomic E-state index is 5.33. The molecular formula is C13H17N5O. The van der Waals surface area contributed by atoms with E-state index in [1.807, 2.05) is 13.8 Å². The summed E-state index contributed by atoms with van der Waals surface area (Å²) in [6.45, 7) is 4.56. The fourth-order valence-corrected chi connectivity index (χ4v) is 1.66. The zero-order valence-corrected chi connectivity index (χ0v) is 11.1. The van der Waals surface area contributed by atoms with Gasteiger partial charge in [0.1, 0.15) is 0 Å². The van der Waals surface area contributed by atoms with Crippen LogP contribution in [0.4, 0.5) is 5.95 Å². The molecule has 1 N–H and O–H groups in total. The third-order valence-electron chi connectivity index (χ3n) is 2.43. The highest BCUT2D eigenvalue weighted by Gasteiger charge is 2.07. The molecule has 1 unspecified atom stereocenters. The van der Waals surface area contributed by atoms with E-state index in [1.165, 1.54) is 0 Å². The fourth-order valence-electron chi connectivity index (χ4n) is 1.66. The van der Waals surface area contributed by atoms with Gasteiger partial charge >= 0.3 is 0 Å². The van der Waals surface area contributed by atoms with Crippen molar-refractivity contribution in [3.8, 4) is 5.88 Å². The molecule has 19 heavy (non-hydrogen) atoms. The first-order chi connectivity index (χ1) is 9.28. The van der Waals surface area contributed by atoms with Gasteiger partial charge < -0.3 is 10.1 Å². The van der Waals surface area contributed by atoms with Crippen LogP contribution in [0.2, 0.25) is 0 Å². The Morgan fingerprint density at radius 2 is 2.16 bits per heavy atom. The van der Waals surface area contributed by atoms with E-state index in [4.69, 9.17) is 4.74 Å². The van der Waals surface area contributed by atoms with Gasteiger partial charge in [0, 0.05) is 43.3 Å². The molecule has 0 saturated heterocycles. The molecule has 0 fully saturated rings. The van der Waals surface area contributed by atoms with Gasteiger partial charge in [0.05, 0.1) is 12.3 Å². The second-order valence-corrected chi connectivity index (χ2v) is 4.10. The molecule has 6 heteroatoms. The lowest BCUT2D eigenvalue weighted by Gasteiger charge is -2.13. The maximum absolute atomic E-state index is 5.33. The third-order valence-corrected chi connectivity index (χ3v) is 2.43. The molecule has 0 aromatic carbocycles. The quantitative estimate of drug-likeness (QED) is 0.851. The fraction of sp³-hybridized carbons (Fsp3) is 0.385. The molecule has 0 aliphatic carbocycles. The average Bonchev–Trinajstić information content (AvgIpc) is 2.40. The smallest absolute Gasteiger partial charge is 0.226 e. The van der Waals surface area contributed by atoms with Gasteiger partial charge in [-0.2, -0.15) is 4.98 Å². The minimum Gasteiger partial charge on any atom is -0.478 e. The monoisotopic (exact) mass is 259 g/mol. The van der Waals surface area contributed by atoms with Crippen LogP contribution in [-0.2, 0) is 6.42 Å². The number of rotatable bonds is 6. The van der Waals surface area contributed by atoms with Crippen molar-refractivity contribution in [2.45, 2.75) is 26.3 Å². The molecular weight excluding hydrogens is 242 g/mol. The zero-order valence-electron chi connectivity index (χ0n) is 11.1. The van der Waals surface area contributed by atoms with Gasteiger partial charge in [0.15, 0.2) is 0 Å². The van der Waals surface area contributed by atoms with E-state index < -0.39 is 0 Å². The van der Waals surface area contributed by atoms with Gasteiger partial charge in [-0.25, -0.2) is 4.98 Å². The molecule has 0 saturated carbocycles. The van der Waals surface area contributed by atoms with Crippen LogP contribution in [0.1, 0.15) is 19.5 Å². The van der Waals surface area contributed by atoms with Gasteiger partial charge in [0.25, 0.3) is 0 Å². The molecule has 0 aliphatic rings. The van der Waals surface area contributed by atoms with E-state index in [1.54, 1.807) is 30.9 Å². The van der Waals surface area contributed by atoms with E-state index in [0.29, 0.717) is 18.4 Å². The van der Waals surface area contributed by atoms with Crippen molar-refractivity contribution in [1.29, 1.82) is 0 Å². The minimum absolute atomic E-state index is 0.161. The van der Waals surface area contributed by atoms with Gasteiger partial charge in [0.2, 0.25) is 11.8 Å². The predicted molar refractivity (Wildman–Crippen MR) is 72.0 cm³/mol. The van der Waals surface area contributed by atoms with Crippen LogP contribution in [0.3, 0.4) is 0 Å². The van der Waals surface area contributed by atoms with Gasteiger partial charge in [-0.05, 0) is 13.8 Å². The summed E-state index contributed by atoms with van der Waals surface area (Å²) >= 11 is 0. The topological polar surface area (TPSA) is 72.8 Å². The average molecular weight is 259 g/mol. The van der Waals surface area contributed by atoms with Crippen LogP contribution in [-0.4, -0.2) is 32.6 Å². The Morgan fingerprint density at radius 1 is 1.26 bits per heavy atom. The molecule has 0 aliphatic heterocycles. The first-order valence-electron chi connectivity index (χ1n) is 6.25. The summed E-state index contributed by atoms with van der Waals surface area (Å²) in [6.07, 6.45) is 7.55. The molecule has 1 atom stereocenters. The highest BCUT2D eigenvalue weighted by Crippen LogP contribution is 2.10. The lowest BCUT2D eigenvalue weighted by molar-refractivity contribution is 0.326. The van der Waals surface area contributed by atoms with E-state index in [9.17, 15) is 0 Å². The van der Waals surface area contributed by atoms with Crippen LogP contribution < -0.4 is 10.1 Å². The largest absolute Gasteiger partial charge is 0.478 e. The first kappa shape index (κ1) is 13.2.